The van der Waals surface area contributed by atoms with Gasteiger partial charge in [0, 0.05) is 146 Å². The Balaban J connectivity index is 0.683. The van der Waals surface area contributed by atoms with Crippen LogP contribution in [0.25, 0.3) is 10.8 Å². The lowest BCUT2D eigenvalue weighted by atomic mass is 9.86. The van der Waals surface area contributed by atoms with Gasteiger partial charge in [0.05, 0.1) is 0 Å². The number of rotatable bonds is 30. The van der Waals surface area contributed by atoms with Gasteiger partial charge in [0.15, 0.2) is 0 Å². The summed E-state index contributed by atoms with van der Waals surface area (Å²) in [5, 5.41) is 8.74. The highest BCUT2D eigenvalue weighted by atomic mass is 33.1. The van der Waals surface area contributed by atoms with E-state index in [0.717, 1.165) is 128 Å². The fourth-order valence-electron chi connectivity index (χ4n) is 11.1. The molecule has 14 nitrogen and oxygen atoms in total. The quantitative estimate of drug-likeness (QED) is 0.0442. The Labute approximate surface area is 444 Å². The topological polar surface area (TPSA) is 146 Å². The molecule has 2 aromatic carbocycles. The number of carbonyl (C=O) groups excluding carboxylic acids is 6. The van der Waals surface area contributed by atoms with Crippen LogP contribution in [-0.2, 0) is 9.59 Å². The van der Waals surface area contributed by atoms with Crippen LogP contribution in [-0.4, -0.2) is 192 Å². The van der Waals surface area contributed by atoms with Crippen LogP contribution >= 0.6 is 43.2 Å². The van der Waals surface area contributed by atoms with Crippen molar-refractivity contribution in [3.8, 4) is 0 Å². The molecule has 2 unspecified atom stereocenters. The number of amides is 6. The van der Waals surface area contributed by atoms with Crippen LogP contribution in [0.2, 0.25) is 0 Å². The van der Waals surface area contributed by atoms with Crippen LogP contribution in [0, 0.1) is 0 Å². The molecule has 8 rings (SSSR count). The first-order chi connectivity index (χ1) is 35.2. The molecule has 6 aliphatic heterocycles. The third-order valence-corrected chi connectivity index (χ3v) is 21.5. The maximum Gasteiger partial charge on any atom is 0.261 e. The zero-order valence-corrected chi connectivity index (χ0v) is 46.0. The van der Waals surface area contributed by atoms with Crippen molar-refractivity contribution in [2.75, 3.05) is 116 Å². The van der Waals surface area contributed by atoms with Crippen molar-refractivity contribution in [2.24, 2.45) is 0 Å². The van der Waals surface area contributed by atoms with Gasteiger partial charge in [-0.05, 0) is 115 Å². The van der Waals surface area contributed by atoms with E-state index in [2.05, 4.69) is 51.8 Å². The average Bonchev–Trinajstić information content (AvgIpc) is 4.13. The molecule has 2 aromatic rings. The molecule has 0 bridgehead atoms. The first-order valence-electron chi connectivity index (χ1n) is 27.5. The highest BCUT2D eigenvalue weighted by Gasteiger charge is 2.39. The molecular formula is C54H80N8O6S4. The fraction of sp³-hybridized carbons (Fsp3) is 0.704. The SMILES string of the molecule is O=C(CCCCCCC1CCSS1)NCCCN1CCN(CCCN2C(=O)c3ccc4c5c(ccc(c35)C2=O)C(=O)N(CCCN2CCN(CCCNC(=O)CCCCCCC3CCSS3)CC2)C4=O)CC1. The zero-order valence-electron chi connectivity index (χ0n) is 42.7. The molecule has 0 spiro atoms. The summed E-state index contributed by atoms with van der Waals surface area (Å²) in [6.45, 7) is 12.9. The minimum Gasteiger partial charge on any atom is -0.356 e. The van der Waals surface area contributed by atoms with Crippen molar-refractivity contribution >= 4 is 89.4 Å². The second-order valence-corrected chi connectivity index (χ2v) is 26.2. The standard InChI is InChI=1S/C54H80N8O6S4/c63-47(15-7-3-1-5-13-41-21-39-69-71-41)55-23-9-25-57-31-35-59(36-32-57)27-11-29-61-51(65)43-17-19-45-50-46(20-18-44(49(43)50)52(61)66)54(68)62(53(45)67)30-12-28-60-37-33-58(34-38-60)26-10-24-56-48(64)16-8-4-2-6-14-42-22-40-70-72-42/h17-20,41-42H,1-16,21-40H2,(H,55,63)(H,56,64). The van der Waals surface area contributed by atoms with Gasteiger partial charge in [-0.3, -0.25) is 38.6 Å². The molecule has 2 atom stereocenters. The number of hydrogen-bond acceptors (Lipinski definition) is 14. The lowest BCUT2D eigenvalue weighted by Gasteiger charge is -2.36. The number of benzene rings is 2. The zero-order chi connectivity index (χ0) is 50.1. The Kier molecular flexibility index (Phi) is 22.2. The Morgan fingerprint density at radius 2 is 0.764 bits per heavy atom. The van der Waals surface area contributed by atoms with Crippen LogP contribution in [0.15, 0.2) is 24.3 Å². The second-order valence-electron chi connectivity index (χ2n) is 20.6. The molecule has 6 aliphatic rings. The summed E-state index contributed by atoms with van der Waals surface area (Å²) in [5.41, 5.74) is 1.45. The number of nitrogens with zero attached hydrogens (tertiary/aromatic N) is 6. The van der Waals surface area contributed by atoms with Gasteiger partial charge < -0.3 is 30.2 Å². The molecule has 6 amide bonds. The minimum absolute atomic E-state index is 0.169. The van der Waals surface area contributed by atoms with Crippen LogP contribution < -0.4 is 10.6 Å². The third kappa shape index (κ3) is 15.6. The molecular weight excluding hydrogens is 985 g/mol. The smallest absolute Gasteiger partial charge is 0.261 e. The number of imide groups is 2. The van der Waals surface area contributed by atoms with Crippen molar-refractivity contribution in [2.45, 2.75) is 126 Å². The molecule has 18 heteroatoms. The molecule has 72 heavy (non-hydrogen) atoms. The Morgan fingerprint density at radius 1 is 0.431 bits per heavy atom. The average molecular weight is 1070 g/mol. The summed E-state index contributed by atoms with van der Waals surface area (Å²) >= 11 is 0. The summed E-state index contributed by atoms with van der Waals surface area (Å²) < 4.78 is 0. The predicted octanol–water partition coefficient (Wildman–Crippen LogP) is 8.05. The summed E-state index contributed by atoms with van der Waals surface area (Å²) in [4.78, 5) is 92.7. The molecule has 0 aliphatic carbocycles. The van der Waals surface area contributed by atoms with Gasteiger partial charge in [0.1, 0.15) is 0 Å². The largest absolute Gasteiger partial charge is 0.356 e. The maximum absolute atomic E-state index is 13.9. The summed E-state index contributed by atoms with van der Waals surface area (Å²) in [6, 6.07) is 6.64. The lowest BCUT2D eigenvalue weighted by Crippen LogP contribution is -2.48. The number of carbonyl (C=O) groups is 6. The van der Waals surface area contributed by atoms with Crippen molar-refractivity contribution in [1.29, 1.82) is 0 Å². The van der Waals surface area contributed by atoms with E-state index >= 15 is 0 Å². The normalized spacial score (nSPS) is 21.2. The van der Waals surface area contributed by atoms with Crippen molar-refractivity contribution in [3.05, 3.63) is 46.5 Å². The molecule has 4 fully saturated rings. The van der Waals surface area contributed by atoms with E-state index in [4.69, 9.17) is 0 Å². The van der Waals surface area contributed by atoms with E-state index in [9.17, 15) is 28.8 Å². The van der Waals surface area contributed by atoms with Crippen molar-refractivity contribution in [3.63, 3.8) is 0 Å². The molecule has 0 radical (unpaired) electrons. The van der Waals surface area contributed by atoms with E-state index in [1.165, 1.54) is 72.7 Å². The van der Waals surface area contributed by atoms with Gasteiger partial charge >= 0.3 is 0 Å². The van der Waals surface area contributed by atoms with Crippen LogP contribution in [0.5, 0.6) is 0 Å². The van der Waals surface area contributed by atoms with Crippen molar-refractivity contribution < 1.29 is 28.8 Å². The van der Waals surface area contributed by atoms with Crippen LogP contribution in [0.4, 0.5) is 0 Å². The second kappa shape index (κ2) is 28.9. The number of piperazine rings is 2. The van der Waals surface area contributed by atoms with Crippen LogP contribution in [0.3, 0.4) is 0 Å². The molecule has 2 N–H and O–H groups in total. The maximum atomic E-state index is 13.9. The lowest BCUT2D eigenvalue weighted by molar-refractivity contribution is -0.122. The molecule has 0 aromatic heterocycles. The first-order valence-corrected chi connectivity index (χ1v) is 32.3. The summed E-state index contributed by atoms with van der Waals surface area (Å²) in [5.74, 6) is 1.41. The summed E-state index contributed by atoms with van der Waals surface area (Å²) in [6.07, 6.45) is 19.0. The third-order valence-electron chi connectivity index (χ3n) is 15.5. The number of unbranched alkanes of at least 4 members (excludes halogenated alkanes) is 6. The van der Waals surface area contributed by atoms with E-state index in [1.807, 2.05) is 21.6 Å². The molecule has 396 valence electrons. The van der Waals surface area contributed by atoms with E-state index in [0.29, 0.717) is 84.9 Å². The number of hydrogen-bond donors (Lipinski definition) is 2. The highest BCUT2D eigenvalue weighted by molar-refractivity contribution is 8.77. The predicted molar refractivity (Wildman–Crippen MR) is 297 cm³/mol. The Bertz CT molecular complexity index is 1940. The van der Waals surface area contributed by atoms with Gasteiger partial charge in [0.25, 0.3) is 23.6 Å². The minimum atomic E-state index is -0.380. The highest BCUT2D eigenvalue weighted by Crippen LogP contribution is 2.41. The monoisotopic (exact) mass is 1060 g/mol. The van der Waals surface area contributed by atoms with Crippen LogP contribution in [0.1, 0.15) is 157 Å². The molecule has 4 saturated heterocycles. The fourth-order valence-corrected chi connectivity index (χ4v) is 17.2. The molecule has 6 heterocycles. The Hall–Kier alpha value is -2.84. The van der Waals surface area contributed by atoms with Gasteiger partial charge in [-0.2, -0.15) is 0 Å². The first kappa shape index (κ1) is 55.4. The number of nitrogens with one attached hydrogen (secondary N) is 2. The van der Waals surface area contributed by atoms with Gasteiger partial charge in [-0.15, -0.1) is 0 Å². The van der Waals surface area contributed by atoms with Gasteiger partial charge in [-0.25, -0.2) is 0 Å². The van der Waals surface area contributed by atoms with E-state index < -0.39 is 0 Å². The Morgan fingerprint density at radius 3 is 1.10 bits per heavy atom. The van der Waals surface area contributed by atoms with Gasteiger partial charge in [0.2, 0.25) is 11.8 Å². The van der Waals surface area contributed by atoms with Crippen molar-refractivity contribution in [1.82, 2.24) is 40.0 Å². The summed E-state index contributed by atoms with van der Waals surface area (Å²) in [7, 11) is 8.12. The van der Waals surface area contributed by atoms with E-state index in [-0.39, 0.29) is 35.4 Å². The van der Waals surface area contributed by atoms with Gasteiger partial charge in [-0.1, -0.05) is 81.7 Å². The molecule has 0 saturated carbocycles. The van der Waals surface area contributed by atoms with E-state index in [1.54, 1.807) is 24.3 Å².